The van der Waals surface area contributed by atoms with Crippen LogP contribution in [0.2, 0.25) is 0 Å². The molecule has 8 heteroatoms. The number of hydrogen-bond acceptors (Lipinski definition) is 7. The summed E-state index contributed by atoms with van der Waals surface area (Å²) in [6.45, 7) is 5.83. The second-order valence-corrected chi connectivity index (χ2v) is 7.34. The molecule has 7 nitrogen and oxygen atoms in total. The first-order valence-corrected chi connectivity index (χ1v) is 9.67. The largest absolute Gasteiger partial charge is 0.463 e. The predicted octanol–water partition coefficient (Wildman–Crippen LogP) is 1.52. The Hall–Kier alpha value is -0.960. The van der Waals surface area contributed by atoms with Crippen molar-refractivity contribution in [1.82, 2.24) is 0 Å². The zero-order valence-corrected chi connectivity index (χ0v) is 14.7. The van der Waals surface area contributed by atoms with Crippen LogP contribution >= 0.6 is 0 Å². The highest BCUT2D eigenvalue weighted by Gasteiger charge is 2.51. The normalized spacial score (nSPS) is 29.7. The Morgan fingerprint density at radius 3 is 2.48 bits per heavy atom. The number of hydrogen-bond donors (Lipinski definition) is 0. The third-order valence-electron chi connectivity index (χ3n) is 4.09. The van der Waals surface area contributed by atoms with Crippen LogP contribution in [0.25, 0.3) is 0 Å². The highest BCUT2D eigenvalue weighted by molar-refractivity contribution is 7.86. The van der Waals surface area contributed by atoms with Crippen LogP contribution in [0, 0.1) is 0 Å². The molecule has 1 saturated heterocycles. The number of ether oxygens (including phenoxy) is 3. The zero-order valence-electron chi connectivity index (χ0n) is 13.9. The summed E-state index contributed by atoms with van der Waals surface area (Å²) < 4.78 is 45.2. The van der Waals surface area contributed by atoms with Crippen LogP contribution in [0.4, 0.5) is 0 Å². The Balaban J connectivity index is 2.30. The van der Waals surface area contributed by atoms with Gasteiger partial charge in [0, 0.05) is 12.0 Å². The summed E-state index contributed by atoms with van der Waals surface area (Å²) in [7, 11) is -3.71. The first kappa shape index (κ1) is 18.4. The van der Waals surface area contributed by atoms with Gasteiger partial charge in [0.25, 0.3) is 10.1 Å². The first-order chi connectivity index (χ1) is 10.7. The van der Waals surface area contributed by atoms with Crippen molar-refractivity contribution in [2.75, 3.05) is 12.9 Å². The fourth-order valence-electron chi connectivity index (χ4n) is 2.95. The molecule has 132 valence electrons. The minimum Gasteiger partial charge on any atom is -0.463 e. The maximum absolute atomic E-state index is 12.0. The Labute approximate surface area is 137 Å². The van der Waals surface area contributed by atoms with E-state index in [1.54, 1.807) is 6.92 Å². The summed E-state index contributed by atoms with van der Waals surface area (Å²) in [6.07, 6.45) is 2.10. The van der Waals surface area contributed by atoms with E-state index in [9.17, 15) is 13.2 Å². The molecule has 23 heavy (non-hydrogen) atoms. The molecule has 0 bridgehead atoms. The molecule has 0 N–H and O–H groups in total. The summed E-state index contributed by atoms with van der Waals surface area (Å²) in [4.78, 5) is 12.0. The van der Waals surface area contributed by atoms with Gasteiger partial charge in [0.2, 0.25) is 0 Å². The molecule has 1 fully saturated rings. The van der Waals surface area contributed by atoms with Gasteiger partial charge in [0.15, 0.2) is 5.79 Å². The summed E-state index contributed by atoms with van der Waals surface area (Å²) in [6, 6.07) is 0. The number of fused-ring (bicyclic) bond motifs is 1. The van der Waals surface area contributed by atoms with Crippen LogP contribution in [-0.4, -0.2) is 51.3 Å². The van der Waals surface area contributed by atoms with E-state index in [1.807, 2.05) is 13.8 Å². The van der Waals surface area contributed by atoms with Gasteiger partial charge in [-0.1, -0.05) is 13.8 Å². The Kier molecular flexibility index (Phi) is 5.50. The molecular weight excluding hydrogens is 324 g/mol. The molecule has 3 atom stereocenters. The predicted molar refractivity (Wildman–Crippen MR) is 82.1 cm³/mol. The van der Waals surface area contributed by atoms with Crippen molar-refractivity contribution in [2.24, 2.45) is 0 Å². The van der Waals surface area contributed by atoms with Gasteiger partial charge < -0.3 is 14.2 Å². The first-order valence-electron chi connectivity index (χ1n) is 7.85. The average Bonchev–Trinajstić information content (AvgIpc) is 2.85. The van der Waals surface area contributed by atoms with Crippen LogP contribution < -0.4 is 0 Å². The molecule has 0 aromatic rings. The van der Waals surface area contributed by atoms with E-state index >= 15 is 0 Å². The summed E-state index contributed by atoms with van der Waals surface area (Å²) >= 11 is 0. The SMILES string of the molecule is CCOC(=O)C1=C[C@@H](OS(C)(=O)=O)[C@@H]2OC(CC)(CC)O[C@@H]2C1. The lowest BCUT2D eigenvalue weighted by molar-refractivity contribution is -0.182. The van der Waals surface area contributed by atoms with Crippen molar-refractivity contribution in [3.63, 3.8) is 0 Å². The van der Waals surface area contributed by atoms with Crippen molar-refractivity contribution in [2.45, 2.75) is 64.1 Å². The maximum Gasteiger partial charge on any atom is 0.333 e. The molecule has 1 aliphatic carbocycles. The molecule has 0 radical (unpaired) electrons. The smallest absolute Gasteiger partial charge is 0.333 e. The molecule has 2 aliphatic rings. The van der Waals surface area contributed by atoms with Gasteiger partial charge in [0.1, 0.15) is 12.2 Å². The highest BCUT2D eigenvalue weighted by Crippen LogP contribution is 2.41. The van der Waals surface area contributed by atoms with Crippen LogP contribution in [0.3, 0.4) is 0 Å². The van der Waals surface area contributed by atoms with E-state index in [4.69, 9.17) is 18.4 Å². The van der Waals surface area contributed by atoms with Crippen LogP contribution in [0.15, 0.2) is 11.6 Å². The number of rotatable bonds is 6. The summed E-state index contributed by atoms with van der Waals surface area (Å²) in [5.74, 6) is -1.26. The van der Waals surface area contributed by atoms with E-state index in [0.717, 1.165) is 6.26 Å². The second kappa shape index (κ2) is 6.88. The van der Waals surface area contributed by atoms with Crippen LogP contribution in [0.5, 0.6) is 0 Å². The topological polar surface area (TPSA) is 88.1 Å². The van der Waals surface area contributed by atoms with Gasteiger partial charge in [-0.2, -0.15) is 8.42 Å². The van der Waals surface area contributed by atoms with Gasteiger partial charge >= 0.3 is 5.97 Å². The lowest BCUT2D eigenvalue weighted by Crippen LogP contribution is -2.41. The third-order valence-corrected chi connectivity index (χ3v) is 4.67. The molecule has 1 aliphatic heterocycles. The molecule has 0 spiro atoms. The average molecular weight is 348 g/mol. The van der Waals surface area contributed by atoms with Crippen molar-refractivity contribution in [1.29, 1.82) is 0 Å². The Morgan fingerprint density at radius 1 is 1.30 bits per heavy atom. The van der Waals surface area contributed by atoms with E-state index in [0.29, 0.717) is 24.8 Å². The van der Waals surface area contributed by atoms with Crippen LogP contribution in [-0.2, 0) is 33.3 Å². The molecule has 0 unspecified atom stereocenters. The molecule has 0 amide bonds. The van der Waals surface area contributed by atoms with Crippen molar-refractivity contribution in [3.8, 4) is 0 Å². The molecule has 0 aromatic heterocycles. The van der Waals surface area contributed by atoms with Gasteiger partial charge in [0.05, 0.1) is 19.0 Å². The summed E-state index contributed by atoms with van der Waals surface area (Å²) in [5.41, 5.74) is 0.355. The Bertz CT molecular complexity index is 577. The van der Waals surface area contributed by atoms with Crippen LogP contribution in [0.1, 0.15) is 40.0 Å². The molecule has 1 heterocycles. The fourth-order valence-corrected chi connectivity index (χ4v) is 3.52. The lowest BCUT2D eigenvalue weighted by Gasteiger charge is -2.28. The standard InChI is InChI=1S/C15H24O7S/c1-5-15(6-2)20-11-8-10(14(16)19-7-3)9-12(13(11)21-15)22-23(4,17)18/h9,11-13H,5-8H2,1-4H3/t11-,12-,13-/m1/s1. The molecule has 0 saturated carbocycles. The van der Waals surface area contributed by atoms with Crippen molar-refractivity contribution >= 4 is 16.1 Å². The van der Waals surface area contributed by atoms with Gasteiger partial charge in [-0.15, -0.1) is 0 Å². The van der Waals surface area contributed by atoms with Gasteiger partial charge in [-0.05, 0) is 25.8 Å². The zero-order chi connectivity index (χ0) is 17.3. The van der Waals surface area contributed by atoms with Gasteiger partial charge in [-0.3, -0.25) is 4.18 Å². The fraction of sp³-hybridized carbons (Fsp3) is 0.800. The molecule has 0 aromatic carbocycles. The monoisotopic (exact) mass is 348 g/mol. The third kappa shape index (κ3) is 4.12. The van der Waals surface area contributed by atoms with E-state index in [-0.39, 0.29) is 6.61 Å². The lowest BCUT2D eigenvalue weighted by atomic mass is 9.92. The van der Waals surface area contributed by atoms with Crippen molar-refractivity contribution in [3.05, 3.63) is 11.6 Å². The quantitative estimate of drug-likeness (QED) is 0.531. The maximum atomic E-state index is 12.0. The number of esters is 1. The number of carbonyl (C=O) groups is 1. The minimum atomic E-state index is -3.71. The van der Waals surface area contributed by atoms with E-state index < -0.39 is 40.2 Å². The molecule has 2 rings (SSSR count). The Morgan fingerprint density at radius 2 is 1.96 bits per heavy atom. The van der Waals surface area contributed by atoms with E-state index in [1.165, 1.54) is 6.08 Å². The highest BCUT2D eigenvalue weighted by atomic mass is 32.2. The van der Waals surface area contributed by atoms with Gasteiger partial charge in [-0.25, -0.2) is 4.79 Å². The second-order valence-electron chi connectivity index (χ2n) is 5.74. The van der Waals surface area contributed by atoms with E-state index in [2.05, 4.69) is 0 Å². The minimum absolute atomic E-state index is 0.243. The number of carbonyl (C=O) groups excluding carboxylic acids is 1. The molecular formula is C15H24O7S. The summed E-state index contributed by atoms with van der Waals surface area (Å²) in [5, 5.41) is 0. The van der Waals surface area contributed by atoms with Crippen molar-refractivity contribution < 1.29 is 31.6 Å².